The van der Waals surface area contributed by atoms with Gasteiger partial charge in [0.1, 0.15) is 9.54 Å². The van der Waals surface area contributed by atoms with Crippen LogP contribution in [0.2, 0.25) is 0 Å². The highest BCUT2D eigenvalue weighted by Crippen LogP contribution is 2.26. The fraction of sp³-hybridized carbons (Fsp3) is 0.500. The van der Waals surface area contributed by atoms with Gasteiger partial charge >= 0.3 is 0 Å². The second-order valence-electron chi connectivity index (χ2n) is 3.05. The number of nitrogens with zero attached hydrogens (tertiary/aromatic N) is 1. The summed E-state index contributed by atoms with van der Waals surface area (Å²) in [6.45, 7) is 5.97. The van der Waals surface area contributed by atoms with Gasteiger partial charge in [-0.05, 0) is 12.5 Å². The lowest BCUT2D eigenvalue weighted by Gasteiger charge is -2.05. The monoisotopic (exact) mass is 233 g/mol. The summed E-state index contributed by atoms with van der Waals surface area (Å²) >= 11 is 5.12. The summed E-state index contributed by atoms with van der Waals surface area (Å²) in [5.41, 5.74) is 1.79. The van der Waals surface area contributed by atoms with Crippen molar-refractivity contribution in [3.8, 4) is 0 Å². The van der Waals surface area contributed by atoms with Crippen LogP contribution in [-0.2, 0) is 0 Å². The molecule has 0 aliphatic heterocycles. The molecule has 72 valence electrons. The minimum atomic E-state index is 0.226. The van der Waals surface area contributed by atoms with Crippen LogP contribution >= 0.6 is 32.9 Å². The van der Waals surface area contributed by atoms with Gasteiger partial charge in [0.15, 0.2) is 0 Å². The highest BCUT2D eigenvalue weighted by Gasteiger charge is 2.14. The van der Waals surface area contributed by atoms with E-state index in [1.165, 1.54) is 0 Å². The number of hydrogen-bond acceptors (Lipinski definition) is 5. The van der Waals surface area contributed by atoms with Crippen molar-refractivity contribution in [3.63, 3.8) is 0 Å². The Bertz CT molecular complexity index is 375. The SMILES string of the molecule is Cc1c(/C(=N/O)C(C)C)ssc1=S. The van der Waals surface area contributed by atoms with Crippen molar-refractivity contribution in [2.24, 2.45) is 11.1 Å². The Balaban J connectivity index is 3.21. The van der Waals surface area contributed by atoms with E-state index in [-0.39, 0.29) is 5.92 Å². The maximum atomic E-state index is 8.85. The van der Waals surface area contributed by atoms with E-state index in [0.717, 1.165) is 20.0 Å². The first-order valence-electron chi connectivity index (χ1n) is 3.90. The van der Waals surface area contributed by atoms with Crippen LogP contribution in [0.3, 0.4) is 0 Å². The van der Waals surface area contributed by atoms with Crippen LogP contribution in [-0.4, -0.2) is 10.9 Å². The molecule has 0 unspecified atom stereocenters. The lowest BCUT2D eigenvalue weighted by Crippen LogP contribution is -2.08. The Hall–Kier alpha value is -0.260. The van der Waals surface area contributed by atoms with E-state index in [2.05, 4.69) is 5.16 Å². The second-order valence-corrected chi connectivity index (χ2v) is 5.86. The topological polar surface area (TPSA) is 32.6 Å². The smallest absolute Gasteiger partial charge is 0.105 e. The molecule has 1 N–H and O–H groups in total. The quantitative estimate of drug-likeness (QED) is 0.278. The summed E-state index contributed by atoms with van der Waals surface area (Å²) in [5.74, 6) is 0.226. The molecular formula is C8H11NOS3. The van der Waals surface area contributed by atoms with E-state index >= 15 is 0 Å². The molecule has 0 aromatic carbocycles. The summed E-state index contributed by atoms with van der Waals surface area (Å²) in [5, 5.41) is 12.2. The van der Waals surface area contributed by atoms with Gasteiger partial charge in [-0.1, -0.05) is 51.9 Å². The number of oxime groups is 1. The van der Waals surface area contributed by atoms with Crippen LogP contribution in [0.15, 0.2) is 5.16 Å². The molecule has 0 aliphatic rings. The second kappa shape index (κ2) is 4.30. The third kappa shape index (κ3) is 2.15. The standard InChI is InChI=1S/C8H11NOS3/c1-4(2)6(9-10)7-5(3)8(11)13-12-7/h4,10H,1-3H3/b9-6+. The zero-order valence-electron chi connectivity index (χ0n) is 7.70. The maximum absolute atomic E-state index is 8.85. The predicted molar refractivity (Wildman–Crippen MR) is 60.9 cm³/mol. The molecular weight excluding hydrogens is 222 g/mol. The molecule has 0 bridgehead atoms. The van der Waals surface area contributed by atoms with Crippen molar-refractivity contribution in [1.29, 1.82) is 0 Å². The first-order chi connectivity index (χ1) is 6.07. The zero-order chi connectivity index (χ0) is 10.0. The van der Waals surface area contributed by atoms with Gasteiger partial charge in [0, 0.05) is 5.92 Å². The molecule has 0 fully saturated rings. The molecule has 0 spiro atoms. The average Bonchev–Trinajstić information content (AvgIpc) is 2.37. The molecule has 0 atom stereocenters. The summed E-state index contributed by atoms with van der Waals surface area (Å²) in [7, 11) is 3.14. The lowest BCUT2D eigenvalue weighted by molar-refractivity contribution is 0.316. The highest BCUT2D eigenvalue weighted by atomic mass is 32.9. The summed E-state index contributed by atoms with van der Waals surface area (Å²) in [4.78, 5) is 1.02. The van der Waals surface area contributed by atoms with E-state index in [9.17, 15) is 0 Å². The first kappa shape index (κ1) is 10.8. The molecule has 0 saturated heterocycles. The van der Waals surface area contributed by atoms with Gasteiger partial charge in [-0.2, -0.15) is 0 Å². The summed E-state index contributed by atoms with van der Waals surface area (Å²) in [6, 6.07) is 0. The van der Waals surface area contributed by atoms with E-state index in [1.54, 1.807) is 20.7 Å². The third-order valence-corrected chi connectivity index (χ3v) is 5.08. The van der Waals surface area contributed by atoms with Gasteiger partial charge in [-0.3, -0.25) is 0 Å². The van der Waals surface area contributed by atoms with Crippen LogP contribution in [0.1, 0.15) is 24.3 Å². The minimum absolute atomic E-state index is 0.226. The largest absolute Gasteiger partial charge is 0.411 e. The van der Waals surface area contributed by atoms with Gasteiger partial charge in [0.2, 0.25) is 0 Å². The van der Waals surface area contributed by atoms with Crippen LogP contribution in [0, 0.1) is 16.7 Å². The minimum Gasteiger partial charge on any atom is -0.411 e. The van der Waals surface area contributed by atoms with Crippen molar-refractivity contribution >= 4 is 38.6 Å². The third-order valence-electron chi connectivity index (χ3n) is 1.73. The van der Waals surface area contributed by atoms with Gasteiger partial charge in [0.25, 0.3) is 0 Å². The Labute approximate surface area is 89.9 Å². The highest BCUT2D eigenvalue weighted by molar-refractivity contribution is 7.79. The molecule has 1 aromatic rings. The number of hydrogen-bond donors (Lipinski definition) is 1. The molecule has 13 heavy (non-hydrogen) atoms. The summed E-state index contributed by atoms with van der Waals surface area (Å²) in [6.07, 6.45) is 0. The van der Waals surface area contributed by atoms with Crippen LogP contribution in [0.25, 0.3) is 0 Å². The Morgan fingerprint density at radius 2 is 2.08 bits per heavy atom. The zero-order valence-corrected chi connectivity index (χ0v) is 10.1. The van der Waals surface area contributed by atoms with Gasteiger partial charge < -0.3 is 5.21 Å². The molecule has 1 heterocycles. The first-order valence-corrected chi connectivity index (χ1v) is 6.45. The van der Waals surface area contributed by atoms with Crippen LogP contribution < -0.4 is 0 Å². The molecule has 0 saturated carbocycles. The predicted octanol–water partition coefficient (Wildman–Crippen LogP) is 3.68. The molecule has 0 radical (unpaired) electrons. The van der Waals surface area contributed by atoms with Gasteiger partial charge in [-0.25, -0.2) is 0 Å². The van der Waals surface area contributed by atoms with Gasteiger partial charge in [-0.15, -0.1) is 0 Å². The van der Waals surface area contributed by atoms with Crippen LogP contribution in [0.5, 0.6) is 0 Å². The van der Waals surface area contributed by atoms with Crippen molar-refractivity contribution in [1.82, 2.24) is 0 Å². The van der Waals surface area contributed by atoms with Gasteiger partial charge in [0.05, 0.1) is 4.88 Å². The Morgan fingerprint density at radius 1 is 1.46 bits per heavy atom. The Kier molecular flexibility index (Phi) is 3.58. The molecule has 1 rings (SSSR count). The van der Waals surface area contributed by atoms with Crippen LogP contribution in [0.4, 0.5) is 0 Å². The van der Waals surface area contributed by atoms with E-state index in [4.69, 9.17) is 17.4 Å². The molecule has 5 heteroatoms. The molecule has 1 aromatic heterocycles. The van der Waals surface area contributed by atoms with Crippen molar-refractivity contribution in [2.75, 3.05) is 0 Å². The van der Waals surface area contributed by atoms with Crippen molar-refractivity contribution in [2.45, 2.75) is 20.8 Å². The maximum Gasteiger partial charge on any atom is 0.105 e. The Morgan fingerprint density at radius 3 is 2.38 bits per heavy atom. The average molecular weight is 233 g/mol. The van der Waals surface area contributed by atoms with Crippen molar-refractivity contribution in [3.05, 3.63) is 14.3 Å². The number of rotatable bonds is 2. The molecule has 0 amide bonds. The fourth-order valence-electron chi connectivity index (χ4n) is 0.955. The van der Waals surface area contributed by atoms with E-state index in [0.29, 0.717) is 0 Å². The van der Waals surface area contributed by atoms with E-state index in [1.807, 2.05) is 20.8 Å². The van der Waals surface area contributed by atoms with Crippen molar-refractivity contribution < 1.29 is 5.21 Å². The molecule has 0 aliphatic carbocycles. The normalized spacial score (nSPS) is 12.5. The fourth-order valence-corrected chi connectivity index (χ4v) is 3.95. The lowest BCUT2D eigenvalue weighted by atomic mass is 10.1. The van der Waals surface area contributed by atoms with E-state index < -0.39 is 0 Å². The molecule has 2 nitrogen and oxygen atoms in total. The summed E-state index contributed by atoms with van der Waals surface area (Å²) < 4.78 is 0.891.